The van der Waals surface area contributed by atoms with E-state index in [2.05, 4.69) is 70.7 Å². The maximum Gasteiger partial charge on any atom is 0.335 e. The minimum atomic E-state index is -0.960. The molecule has 0 spiro atoms. The summed E-state index contributed by atoms with van der Waals surface area (Å²) in [5, 5.41) is 16.0. The molecule has 0 aliphatic heterocycles. The van der Waals surface area contributed by atoms with Gasteiger partial charge < -0.3 is 15.0 Å². The van der Waals surface area contributed by atoms with Crippen LogP contribution in [-0.2, 0) is 12.1 Å². The van der Waals surface area contributed by atoms with E-state index in [0.29, 0.717) is 12.1 Å². The molecule has 0 unspecified atom stereocenters. The van der Waals surface area contributed by atoms with Gasteiger partial charge >= 0.3 is 5.97 Å². The molecule has 1 fully saturated rings. The smallest absolute Gasteiger partial charge is 0.335 e. The normalized spacial score (nSPS) is 13.8. The molecule has 6 aromatic rings. The number of carbonyl (C=O) groups is 2. The highest BCUT2D eigenvalue weighted by Crippen LogP contribution is 2.46. The molecule has 1 aromatic heterocycles. The van der Waals surface area contributed by atoms with Gasteiger partial charge in [-0.15, -0.1) is 0 Å². The van der Waals surface area contributed by atoms with E-state index in [0.717, 1.165) is 46.0 Å². The number of rotatable bonds is 7. The Morgan fingerprint density at radius 1 is 0.732 bits per heavy atom. The standard InChI is InChI=1S/C36H28N2O3/c39-34(37-36(17-18-36)31-14-12-27(13-15-31)35(40)41)32-22-30(25-6-2-1-3-7-25)21-29-16-19-38(33(29)32)23-24-10-11-26-8-4-5-9-28(26)20-24/h1-16,19-22H,17-18,23H2,(H,37,39)(H,40,41). The van der Waals surface area contributed by atoms with Crippen molar-refractivity contribution in [2.75, 3.05) is 0 Å². The van der Waals surface area contributed by atoms with Gasteiger partial charge in [-0.2, -0.15) is 0 Å². The SMILES string of the molecule is O=C(O)c1ccc(C2(NC(=O)c3cc(-c4ccccc4)cc4ccn(Cc5ccc6ccccc6c5)c34)CC2)cc1. The first-order valence-electron chi connectivity index (χ1n) is 13.8. The molecule has 1 aliphatic rings. The largest absolute Gasteiger partial charge is 0.478 e. The van der Waals surface area contributed by atoms with Crippen LogP contribution in [0.15, 0.2) is 121 Å². The summed E-state index contributed by atoms with van der Waals surface area (Å²) in [7, 11) is 0. The quantitative estimate of drug-likeness (QED) is 0.220. The Hall–Kier alpha value is -5.16. The molecule has 0 bridgehead atoms. The number of carboxylic acids is 1. The van der Waals surface area contributed by atoms with Crippen LogP contribution in [0, 0.1) is 0 Å². The lowest BCUT2D eigenvalue weighted by Gasteiger charge is -2.20. The van der Waals surface area contributed by atoms with E-state index in [1.807, 2.05) is 48.5 Å². The fraction of sp³-hybridized carbons (Fsp3) is 0.111. The Bertz CT molecular complexity index is 1930. The first-order chi connectivity index (χ1) is 20.0. The number of amides is 1. The van der Waals surface area contributed by atoms with E-state index in [-0.39, 0.29) is 11.5 Å². The van der Waals surface area contributed by atoms with Crippen LogP contribution in [0.5, 0.6) is 0 Å². The lowest BCUT2D eigenvalue weighted by atomic mass is 9.98. The van der Waals surface area contributed by atoms with Crippen LogP contribution >= 0.6 is 0 Å². The molecule has 0 atom stereocenters. The van der Waals surface area contributed by atoms with Crippen LogP contribution in [0.1, 0.15) is 44.7 Å². The first kappa shape index (κ1) is 24.9. The number of nitrogens with one attached hydrogen (secondary N) is 1. The van der Waals surface area contributed by atoms with Crippen molar-refractivity contribution in [1.82, 2.24) is 9.88 Å². The van der Waals surface area contributed by atoms with Crippen molar-refractivity contribution in [3.63, 3.8) is 0 Å². The molecule has 5 heteroatoms. The summed E-state index contributed by atoms with van der Waals surface area (Å²) < 4.78 is 2.16. The number of aromatic nitrogens is 1. The van der Waals surface area contributed by atoms with Crippen molar-refractivity contribution in [3.05, 3.63) is 144 Å². The van der Waals surface area contributed by atoms with E-state index < -0.39 is 11.5 Å². The highest BCUT2D eigenvalue weighted by Gasteiger charge is 2.46. The lowest BCUT2D eigenvalue weighted by Crippen LogP contribution is -2.35. The third kappa shape index (κ3) is 4.66. The van der Waals surface area contributed by atoms with Gasteiger partial charge in [-0.3, -0.25) is 4.79 Å². The van der Waals surface area contributed by atoms with Crippen molar-refractivity contribution < 1.29 is 14.7 Å². The van der Waals surface area contributed by atoms with Crippen molar-refractivity contribution in [2.24, 2.45) is 0 Å². The number of carboxylic acid groups (broad SMARTS) is 1. The van der Waals surface area contributed by atoms with Gasteiger partial charge in [0.05, 0.1) is 22.2 Å². The highest BCUT2D eigenvalue weighted by molar-refractivity contribution is 6.08. The molecule has 0 radical (unpaired) electrons. The Kier molecular flexibility index (Phi) is 5.93. The van der Waals surface area contributed by atoms with Crippen LogP contribution in [0.2, 0.25) is 0 Å². The number of nitrogens with zero attached hydrogens (tertiary/aromatic N) is 1. The van der Waals surface area contributed by atoms with E-state index in [4.69, 9.17) is 0 Å². The molecular weight excluding hydrogens is 508 g/mol. The fourth-order valence-corrected chi connectivity index (χ4v) is 5.81. The van der Waals surface area contributed by atoms with Gasteiger partial charge in [0.2, 0.25) is 0 Å². The topological polar surface area (TPSA) is 71.3 Å². The van der Waals surface area contributed by atoms with Gasteiger partial charge in [0, 0.05) is 18.1 Å². The van der Waals surface area contributed by atoms with Crippen molar-refractivity contribution in [1.29, 1.82) is 0 Å². The number of hydrogen-bond acceptors (Lipinski definition) is 2. The fourth-order valence-electron chi connectivity index (χ4n) is 5.81. The molecular formula is C36H28N2O3. The van der Waals surface area contributed by atoms with Gasteiger partial charge in [0.15, 0.2) is 0 Å². The van der Waals surface area contributed by atoms with E-state index >= 15 is 0 Å². The summed E-state index contributed by atoms with van der Waals surface area (Å²) in [6, 6.07) is 38.0. The zero-order valence-electron chi connectivity index (χ0n) is 22.4. The lowest BCUT2D eigenvalue weighted by molar-refractivity contribution is 0.0696. The van der Waals surface area contributed by atoms with Crippen LogP contribution < -0.4 is 5.32 Å². The Labute approximate surface area is 237 Å². The molecule has 5 aromatic carbocycles. The summed E-state index contributed by atoms with van der Waals surface area (Å²) in [4.78, 5) is 25.4. The van der Waals surface area contributed by atoms with Gasteiger partial charge in [-0.05, 0) is 82.3 Å². The molecule has 1 amide bonds. The van der Waals surface area contributed by atoms with E-state index in [1.165, 1.54) is 10.8 Å². The monoisotopic (exact) mass is 536 g/mol. The van der Waals surface area contributed by atoms with Gasteiger partial charge in [0.25, 0.3) is 5.91 Å². The zero-order valence-corrected chi connectivity index (χ0v) is 22.4. The second-order valence-corrected chi connectivity index (χ2v) is 10.9. The zero-order chi connectivity index (χ0) is 28.0. The van der Waals surface area contributed by atoms with Crippen LogP contribution in [-0.4, -0.2) is 21.6 Å². The minimum absolute atomic E-state index is 0.133. The first-order valence-corrected chi connectivity index (χ1v) is 13.8. The molecule has 1 aliphatic carbocycles. The number of carbonyl (C=O) groups excluding carboxylic acids is 1. The third-order valence-electron chi connectivity index (χ3n) is 8.17. The molecule has 200 valence electrons. The van der Waals surface area contributed by atoms with Crippen LogP contribution in [0.4, 0.5) is 0 Å². The summed E-state index contributed by atoms with van der Waals surface area (Å²) in [6.07, 6.45) is 3.68. The third-order valence-corrected chi connectivity index (χ3v) is 8.17. The van der Waals surface area contributed by atoms with Crippen LogP contribution in [0.25, 0.3) is 32.8 Å². The number of benzene rings is 5. The van der Waals surface area contributed by atoms with E-state index in [1.54, 1.807) is 12.1 Å². The molecule has 1 saturated carbocycles. The molecule has 0 saturated heterocycles. The molecule has 1 heterocycles. The summed E-state index contributed by atoms with van der Waals surface area (Å²) in [6.45, 7) is 0.640. The predicted molar refractivity (Wildman–Crippen MR) is 162 cm³/mol. The summed E-state index contributed by atoms with van der Waals surface area (Å²) in [5.74, 6) is -1.09. The number of fused-ring (bicyclic) bond motifs is 2. The average molecular weight is 537 g/mol. The summed E-state index contributed by atoms with van der Waals surface area (Å²) >= 11 is 0. The molecule has 41 heavy (non-hydrogen) atoms. The van der Waals surface area contributed by atoms with Crippen molar-refractivity contribution >= 4 is 33.6 Å². The predicted octanol–water partition coefficient (Wildman–Crippen LogP) is 7.63. The molecule has 5 nitrogen and oxygen atoms in total. The molecule has 2 N–H and O–H groups in total. The van der Waals surface area contributed by atoms with Crippen LogP contribution in [0.3, 0.4) is 0 Å². The Morgan fingerprint density at radius 2 is 1.46 bits per heavy atom. The van der Waals surface area contributed by atoms with E-state index in [9.17, 15) is 14.7 Å². The van der Waals surface area contributed by atoms with Crippen molar-refractivity contribution in [3.8, 4) is 11.1 Å². The Balaban J connectivity index is 1.29. The van der Waals surface area contributed by atoms with Gasteiger partial charge in [-0.1, -0.05) is 78.9 Å². The van der Waals surface area contributed by atoms with Gasteiger partial charge in [-0.25, -0.2) is 4.79 Å². The number of aromatic carboxylic acids is 1. The second-order valence-electron chi connectivity index (χ2n) is 10.9. The highest BCUT2D eigenvalue weighted by atomic mass is 16.4. The maximum atomic E-state index is 14.1. The Morgan fingerprint density at radius 3 is 2.20 bits per heavy atom. The van der Waals surface area contributed by atoms with Crippen molar-refractivity contribution in [2.45, 2.75) is 24.9 Å². The number of hydrogen-bond donors (Lipinski definition) is 2. The maximum absolute atomic E-state index is 14.1. The minimum Gasteiger partial charge on any atom is -0.478 e. The van der Waals surface area contributed by atoms with Gasteiger partial charge in [0.1, 0.15) is 0 Å². The molecule has 7 rings (SSSR count). The average Bonchev–Trinajstić information content (AvgIpc) is 3.68. The summed E-state index contributed by atoms with van der Waals surface area (Å²) in [5.41, 5.74) is 5.40. The second kappa shape index (κ2) is 9.79.